The summed E-state index contributed by atoms with van der Waals surface area (Å²) in [5, 5.41) is 11.7. The van der Waals surface area contributed by atoms with Crippen LogP contribution in [-0.4, -0.2) is 34.0 Å². The number of amidine groups is 1. The molecule has 2 heterocycles. The van der Waals surface area contributed by atoms with E-state index in [-0.39, 0.29) is 11.6 Å². The van der Waals surface area contributed by atoms with Gasteiger partial charge < -0.3 is 4.90 Å². The molecule has 1 aromatic carbocycles. The Morgan fingerprint density at radius 2 is 2.04 bits per heavy atom. The maximum atomic E-state index is 12.1. The van der Waals surface area contributed by atoms with Crippen LogP contribution in [0.15, 0.2) is 32.6 Å². The van der Waals surface area contributed by atoms with Gasteiger partial charge >= 0.3 is 0 Å². The zero-order valence-corrected chi connectivity index (χ0v) is 14.6. The summed E-state index contributed by atoms with van der Waals surface area (Å²) in [5.74, 6) is -0.277. The maximum absolute atomic E-state index is 12.1. The number of nitro benzene ring substituents is 1. The van der Waals surface area contributed by atoms with Crippen LogP contribution in [0.3, 0.4) is 0 Å². The predicted molar refractivity (Wildman–Crippen MR) is 94.2 cm³/mol. The normalized spacial score (nSPS) is 20.0. The van der Waals surface area contributed by atoms with Crippen molar-refractivity contribution in [3.63, 3.8) is 0 Å². The second-order valence-corrected chi connectivity index (χ2v) is 7.19. The Labute approximate surface area is 145 Å². The van der Waals surface area contributed by atoms with Gasteiger partial charge in [-0.05, 0) is 64.7 Å². The van der Waals surface area contributed by atoms with Crippen LogP contribution >= 0.6 is 27.7 Å². The summed E-state index contributed by atoms with van der Waals surface area (Å²) >= 11 is 4.50. The standard InChI is InChI=1S/C15H14BrN3O3S/c16-11-5-4-10(8-12(11)19(21)22)9-13-14(20)17-15(23-13)18-6-2-1-3-7-18/h4-5,8-9H,1-3,6-7H2/b13-9-. The van der Waals surface area contributed by atoms with E-state index in [1.165, 1.54) is 24.2 Å². The van der Waals surface area contributed by atoms with Gasteiger partial charge in [0, 0.05) is 19.2 Å². The fraction of sp³-hybridized carbons (Fsp3) is 0.333. The number of hydrogen-bond acceptors (Lipinski definition) is 5. The van der Waals surface area contributed by atoms with Gasteiger partial charge in [-0.2, -0.15) is 4.99 Å². The Bertz CT molecular complexity index is 727. The van der Waals surface area contributed by atoms with Crippen molar-refractivity contribution in [2.75, 3.05) is 13.1 Å². The van der Waals surface area contributed by atoms with Gasteiger partial charge in [0.25, 0.3) is 11.6 Å². The monoisotopic (exact) mass is 395 g/mol. The number of likely N-dealkylation sites (tertiary alicyclic amines) is 1. The van der Waals surface area contributed by atoms with Gasteiger partial charge in [-0.15, -0.1) is 0 Å². The van der Waals surface area contributed by atoms with E-state index in [0.717, 1.165) is 31.1 Å². The number of carbonyl (C=O) groups is 1. The molecule has 1 fully saturated rings. The molecule has 0 unspecified atom stereocenters. The number of carbonyl (C=O) groups excluding carboxylic acids is 1. The fourth-order valence-electron chi connectivity index (χ4n) is 2.53. The zero-order valence-electron chi connectivity index (χ0n) is 12.2. The van der Waals surface area contributed by atoms with E-state index < -0.39 is 4.92 Å². The highest BCUT2D eigenvalue weighted by atomic mass is 79.9. The van der Waals surface area contributed by atoms with Crippen LogP contribution in [0.2, 0.25) is 0 Å². The average Bonchev–Trinajstić information content (AvgIpc) is 2.91. The number of amides is 1. The molecule has 1 aromatic rings. The number of piperidine rings is 1. The number of aliphatic imine (C=N–C) groups is 1. The first-order valence-corrected chi connectivity index (χ1v) is 8.87. The summed E-state index contributed by atoms with van der Waals surface area (Å²) in [6.07, 6.45) is 5.11. The lowest BCUT2D eigenvalue weighted by Gasteiger charge is -2.27. The van der Waals surface area contributed by atoms with Crippen molar-refractivity contribution in [2.24, 2.45) is 4.99 Å². The molecule has 0 radical (unpaired) electrons. The molecule has 2 aliphatic rings. The van der Waals surface area contributed by atoms with Crippen LogP contribution in [-0.2, 0) is 4.79 Å². The third-order valence-corrected chi connectivity index (χ3v) is 5.42. The number of rotatable bonds is 2. The molecule has 1 amide bonds. The SMILES string of the molecule is O=C1N=C(N2CCCCC2)S/C1=C\c1ccc(Br)c([N+](=O)[O-])c1. The van der Waals surface area contributed by atoms with E-state index in [2.05, 4.69) is 25.8 Å². The number of nitro groups is 1. The van der Waals surface area contributed by atoms with Gasteiger partial charge in [-0.25, -0.2) is 0 Å². The van der Waals surface area contributed by atoms with Crippen molar-refractivity contribution in [2.45, 2.75) is 19.3 Å². The Hall–Kier alpha value is -1.67. The molecule has 2 aliphatic heterocycles. The quantitative estimate of drug-likeness (QED) is 0.432. The number of nitrogens with zero attached hydrogens (tertiary/aromatic N) is 3. The Morgan fingerprint density at radius 3 is 2.74 bits per heavy atom. The van der Waals surface area contributed by atoms with Crippen molar-refractivity contribution < 1.29 is 9.72 Å². The van der Waals surface area contributed by atoms with Crippen LogP contribution < -0.4 is 0 Å². The maximum Gasteiger partial charge on any atom is 0.286 e. The van der Waals surface area contributed by atoms with Gasteiger partial charge in [-0.1, -0.05) is 6.07 Å². The summed E-state index contributed by atoms with van der Waals surface area (Å²) in [7, 11) is 0. The third-order valence-electron chi connectivity index (χ3n) is 3.70. The molecule has 23 heavy (non-hydrogen) atoms. The summed E-state index contributed by atoms with van der Waals surface area (Å²) in [4.78, 5) is 29.4. The van der Waals surface area contributed by atoms with Gasteiger partial charge in [0.2, 0.25) is 0 Å². The van der Waals surface area contributed by atoms with Crippen molar-refractivity contribution in [3.8, 4) is 0 Å². The molecule has 8 heteroatoms. The van der Waals surface area contributed by atoms with E-state index in [4.69, 9.17) is 0 Å². The first-order valence-electron chi connectivity index (χ1n) is 7.26. The topological polar surface area (TPSA) is 75.8 Å². The Morgan fingerprint density at radius 1 is 1.30 bits per heavy atom. The van der Waals surface area contributed by atoms with Gasteiger partial charge in [0.15, 0.2) is 5.17 Å². The first kappa shape index (κ1) is 16.2. The van der Waals surface area contributed by atoms with Crippen LogP contribution in [0.5, 0.6) is 0 Å². The van der Waals surface area contributed by atoms with Gasteiger partial charge in [0.1, 0.15) is 0 Å². The molecule has 1 saturated heterocycles. The molecule has 0 aromatic heterocycles. The molecule has 6 nitrogen and oxygen atoms in total. The second-order valence-electron chi connectivity index (χ2n) is 5.33. The lowest BCUT2D eigenvalue weighted by Crippen LogP contribution is -2.33. The molecule has 0 N–H and O–H groups in total. The smallest absolute Gasteiger partial charge is 0.286 e. The average molecular weight is 396 g/mol. The van der Waals surface area contributed by atoms with E-state index in [9.17, 15) is 14.9 Å². The van der Waals surface area contributed by atoms with Crippen molar-refractivity contribution >= 4 is 50.5 Å². The summed E-state index contributed by atoms with van der Waals surface area (Å²) in [6, 6.07) is 4.79. The highest BCUT2D eigenvalue weighted by molar-refractivity contribution is 9.10. The summed E-state index contributed by atoms with van der Waals surface area (Å²) in [6.45, 7) is 1.85. The van der Waals surface area contributed by atoms with E-state index in [1.54, 1.807) is 18.2 Å². The minimum atomic E-state index is -0.453. The predicted octanol–water partition coefficient (Wildman–Crippen LogP) is 3.81. The van der Waals surface area contributed by atoms with Crippen LogP contribution in [0.4, 0.5) is 5.69 Å². The highest BCUT2D eigenvalue weighted by Gasteiger charge is 2.27. The zero-order chi connectivity index (χ0) is 16.4. The van der Waals surface area contributed by atoms with E-state index >= 15 is 0 Å². The molecule has 0 atom stereocenters. The minimum Gasteiger partial charge on any atom is -0.351 e. The van der Waals surface area contributed by atoms with Crippen LogP contribution in [0.1, 0.15) is 24.8 Å². The highest BCUT2D eigenvalue weighted by Crippen LogP contribution is 2.33. The number of halogens is 1. The van der Waals surface area contributed by atoms with Crippen molar-refractivity contribution in [1.29, 1.82) is 0 Å². The number of thioether (sulfide) groups is 1. The van der Waals surface area contributed by atoms with Crippen LogP contribution in [0.25, 0.3) is 6.08 Å². The molecule has 0 aliphatic carbocycles. The first-order chi connectivity index (χ1) is 11.0. The Kier molecular flexibility index (Phi) is 4.82. The lowest BCUT2D eigenvalue weighted by atomic mass is 10.1. The largest absolute Gasteiger partial charge is 0.351 e. The summed E-state index contributed by atoms with van der Waals surface area (Å²) < 4.78 is 0.417. The number of hydrogen-bond donors (Lipinski definition) is 0. The van der Waals surface area contributed by atoms with E-state index in [0.29, 0.717) is 14.9 Å². The minimum absolute atomic E-state index is 0.0213. The van der Waals surface area contributed by atoms with Crippen molar-refractivity contribution in [1.82, 2.24) is 4.90 Å². The molecular weight excluding hydrogens is 382 g/mol. The Balaban J connectivity index is 1.80. The fourth-order valence-corrected chi connectivity index (χ4v) is 3.89. The molecular formula is C15H14BrN3O3S. The van der Waals surface area contributed by atoms with Crippen molar-refractivity contribution in [3.05, 3.63) is 43.3 Å². The van der Waals surface area contributed by atoms with Crippen LogP contribution in [0, 0.1) is 10.1 Å². The third kappa shape index (κ3) is 3.64. The molecule has 0 bridgehead atoms. The molecule has 0 saturated carbocycles. The van der Waals surface area contributed by atoms with Gasteiger partial charge in [-0.3, -0.25) is 14.9 Å². The molecule has 3 rings (SSSR count). The second kappa shape index (κ2) is 6.84. The lowest BCUT2D eigenvalue weighted by molar-refractivity contribution is -0.385. The van der Waals surface area contributed by atoms with E-state index in [1.807, 2.05) is 0 Å². The summed E-state index contributed by atoms with van der Waals surface area (Å²) in [5.41, 5.74) is 0.595. The molecule has 120 valence electrons. The van der Waals surface area contributed by atoms with Gasteiger partial charge in [0.05, 0.1) is 14.3 Å². The molecule has 0 spiro atoms. The number of benzene rings is 1.